The fourth-order valence-corrected chi connectivity index (χ4v) is 3.19. The van der Waals surface area contributed by atoms with Crippen molar-refractivity contribution < 1.29 is 35.9 Å². The number of anilines is 1. The highest BCUT2D eigenvalue weighted by Crippen LogP contribution is 2.26. The first-order valence-corrected chi connectivity index (χ1v) is 10.0. The molecule has 0 atom stereocenters. The molecule has 1 aromatic heterocycles. The lowest BCUT2D eigenvalue weighted by atomic mass is 10.1. The van der Waals surface area contributed by atoms with Gasteiger partial charge in [0.15, 0.2) is 0 Å². The zero-order valence-corrected chi connectivity index (χ0v) is 16.5. The van der Waals surface area contributed by atoms with Crippen molar-refractivity contribution in [2.24, 2.45) is 0 Å². The number of hydrazine groups is 1. The molecule has 2 N–H and O–H groups in total. The second kappa shape index (κ2) is 8.98. The molecule has 9 nitrogen and oxygen atoms in total. The Morgan fingerprint density at radius 2 is 1.90 bits per heavy atom. The van der Waals surface area contributed by atoms with Crippen molar-refractivity contribution in [3.05, 3.63) is 53.9 Å². The Morgan fingerprint density at radius 3 is 2.43 bits per heavy atom. The monoisotopic (exact) mass is 446 g/mol. The molecule has 0 saturated carbocycles. The van der Waals surface area contributed by atoms with Crippen molar-refractivity contribution in [1.29, 1.82) is 0 Å². The van der Waals surface area contributed by atoms with Crippen LogP contribution < -0.4 is 19.9 Å². The van der Waals surface area contributed by atoms with E-state index in [0.29, 0.717) is 11.3 Å². The summed E-state index contributed by atoms with van der Waals surface area (Å²) < 4.78 is 67.2. The molecular weight excluding hydrogens is 429 g/mol. The van der Waals surface area contributed by atoms with E-state index in [9.17, 15) is 31.2 Å². The Labute approximate surface area is 169 Å². The summed E-state index contributed by atoms with van der Waals surface area (Å²) in [5, 5.41) is 0. The highest BCUT2D eigenvalue weighted by molar-refractivity contribution is 7.92. The summed E-state index contributed by atoms with van der Waals surface area (Å²) in [6.07, 6.45) is -1.30. The summed E-state index contributed by atoms with van der Waals surface area (Å²) in [5.41, 5.74) is 3.45. The van der Waals surface area contributed by atoms with Crippen LogP contribution in [-0.2, 0) is 21.4 Å². The molecule has 30 heavy (non-hydrogen) atoms. The lowest BCUT2D eigenvalue weighted by molar-refractivity contribution is -0.174. The van der Waals surface area contributed by atoms with Gasteiger partial charge in [0.1, 0.15) is 5.75 Å². The largest absolute Gasteiger partial charge is 0.496 e. The quantitative estimate of drug-likeness (QED) is 0.648. The zero-order valence-electron chi connectivity index (χ0n) is 15.7. The van der Waals surface area contributed by atoms with Crippen LogP contribution in [-0.4, -0.2) is 44.8 Å². The van der Waals surface area contributed by atoms with E-state index in [1.165, 1.54) is 43.1 Å². The summed E-state index contributed by atoms with van der Waals surface area (Å²) in [6, 6.07) is 6.94. The van der Waals surface area contributed by atoms with Gasteiger partial charge in [-0.2, -0.15) is 13.2 Å². The van der Waals surface area contributed by atoms with Crippen LogP contribution in [0.1, 0.15) is 15.9 Å². The first-order chi connectivity index (χ1) is 13.9. The SMILES string of the molecule is COc1cc(C(=O)NNC(=O)C(F)(F)F)ccc1CN(c1cccnc1)S(C)(=O)=O. The number of carbonyl (C=O) groups is 2. The molecule has 0 saturated heterocycles. The van der Waals surface area contributed by atoms with E-state index in [1.54, 1.807) is 17.6 Å². The van der Waals surface area contributed by atoms with Crippen LogP contribution in [0.15, 0.2) is 42.7 Å². The van der Waals surface area contributed by atoms with E-state index in [0.717, 1.165) is 10.6 Å². The fraction of sp³-hybridized carbons (Fsp3) is 0.235. The number of hydrogen-bond acceptors (Lipinski definition) is 6. The smallest absolute Gasteiger partial charge is 0.472 e. The van der Waals surface area contributed by atoms with Crippen LogP contribution in [0.4, 0.5) is 18.9 Å². The van der Waals surface area contributed by atoms with Gasteiger partial charge < -0.3 is 4.74 Å². The molecule has 2 amide bonds. The van der Waals surface area contributed by atoms with Crippen molar-refractivity contribution in [2.75, 3.05) is 17.7 Å². The minimum atomic E-state index is -5.16. The van der Waals surface area contributed by atoms with Gasteiger partial charge in [0, 0.05) is 17.3 Å². The molecule has 1 aromatic carbocycles. The number of rotatable bonds is 6. The van der Waals surface area contributed by atoms with Crippen molar-refractivity contribution in [3.8, 4) is 5.75 Å². The van der Waals surface area contributed by atoms with Gasteiger partial charge in [-0.15, -0.1) is 0 Å². The summed E-state index contributed by atoms with van der Waals surface area (Å²) in [5.74, 6) is -3.24. The first-order valence-electron chi connectivity index (χ1n) is 8.15. The molecule has 13 heteroatoms. The maximum atomic E-state index is 12.2. The number of pyridine rings is 1. The van der Waals surface area contributed by atoms with Crippen LogP contribution in [0.25, 0.3) is 0 Å². The Kier molecular flexibility index (Phi) is 6.87. The predicted molar refractivity (Wildman–Crippen MR) is 99.9 cm³/mol. The van der Waals surface area contributed by atoms with Gasteiger partial charge >= 0.3 is 12.1 Å². The third-order valence-electron chi connectivity index (χ3n) is 3.74. The Bertz CT molecular complexity index is 1030. The van der Waals surface area contributed by atoms with Gasteiger partial charge in [0.05, 0.1) is 31.8 Å². The molecule has 2 rings (SSSR count). The Balaban J connectivity index is 2.24. The molecule has 0 bridgehead atoms. The van der Waals surface area contributed by atoms with Crippen LogP contribution in [0.3, 0.4) is 0 Å². The number of carbonyl (C=O) groups excluding carboxylic acids is 2. The molecular formula is C17H17F3N4O5S. The fourth-order valence-electron chi connectivity index (χ4n) is 2.33. The van der Waals surface area contributed by atoms with Gasteiger partial charge in [0.2, 0.25) is 10.0 Å². The molecule has 0 unspecified atom stereocenters. The van der Waals surface area contributed by atoms with Crippen molar-refractivity contribution in [1.82, 2.24) is 15.8 Å². The average Bonchev–Trinajstić information content (AvgIpc) is 2.68. The van der Waals surface area contributed by atoms with Crippen LogP contribution in [0.5, 0.6) is 5.75 Å². The number of aromatic nitrogens is 1. The maximum absolute atomic E-state index is 12.2. The van der Waals surface area contributed by atoms with Gasteiger partial charge in [0.25, 0.3) is 5.91 Å². The third-order valence-corrected chi connectivity index (χ3v) is 4.89. The number of methoxy groups -OCH3 is 1. The molecule has 0 fully saturated rings. The number of halogens is 3. The van der Waals surface area contributed by atoms with Gasteiger partial charge in [-0.1, -0.05) is 6.07 Å². The topological polar surface area (TPSA) is 118 Å². The molecule has 162 valence electrons. The van der Waals surface area contributed by atoms with Gasteiger partial charge in [-0.25, -0.2) is 8.42 Å². The summed E-state index contributed by atoms with van der Waals surface area (Å²) >= 11 is 0. The number of nitrogens with zero attached hydrogens (tertiary/aromatic N) is 2. The van der Waals surface area contributed by atoms with Crippen molar-refractivity contribution in [2.45, 2.75) is 12.7 Å². The molecule has 0 aliphatic carbocycles. The predicted octanol–water partition coefficient (Wildman–Crippen LogP) is 1.38. The number of sulfonamides is 1. The number of nitrogens with one attached hydrogen (secondary N) is 2. The second-order valence-corrected chi connectivity index (χ2v) is 7.82. The second-order valence-electron chi connectivity index (χ2n) is 5.91. The Morgan fingerprint density at radius 1 is 1.20 bits per heavy atom. The molecule has 1 heterocycles. The minimum Gasteiger partial charge on any atom is -0.496 e. The lowest BCUT2D eigenvalue weighted by Crippen LogP contribution is -2.47. The van der Waals surface area contributed by atoms with E-state index in [1.807, 2.05) is 0 Å². The van der Waals surface area contributed by atoms with E-state index < -0.39 is 28.0 Å². The molecule has 0 radical (unpaired) electrons. The number of amides is 2. The van der Waals surface area contributed by atoms with Gasteiger partial charge in [-0.05, 0) is 24.3 Å². The van der Waals surface area contributed by atoms with E-state index in [2.05, 4.69) is 4.98 Å². The van der Waals surface area contributed by atoms with Crippen LogP contribution in [0, 0.1) is 0 Å². The summed E-state index contributed by atoms with van der Waals surface area (Å²) in [7, 11) is -2.42. The number of benzene rings is 1. The highest BCUT2D eigenvalue weighted by atomic mass is 32.2. The third kappa shape index (κ3) is 5.83. The van der Waals surface area contributed by atoms with Gasteiger partial charge in [-0.3, -0.25) is 29.7 Å². The van der Waals surface area contributed by atoms with Crippen molar-refractivity contribution >= 4 is 27.5 Å². The number of alkyl halides is 3. The van der Waals surface area contributed by atoms with E-state index in [-0.39, 0.29) is 17.9 Å². The number of hydrogen-bond donors (Lipinski definition) is 2. The zero-order chi connectivity index (χ0) is 22.5. The lowest BCUT2D eigenvalue weighted by Gasteiger charge is -2.23. The standard InChI is InChI=1S/C17H17F3N4O5S/c1-29-14-8-11(15(25)22-23-16(26)17(18,19)20)5-6-12(14)10-24(30(2,27)28)13-4-3-7-21-9-13/h3-9H,10H2,1-2H3,(H,22,25)(H,23,26). The summed E-state index contributed by atoms with van der Waals surface area (Å²) in [4.78, 5) is 26.7. The normalized spacial score (nSPS) is 11.5. The average molecular weight is 446 g/mol. The summed E-state index contributed by atoms with van der Waals surface area (Å²) in [6.45, 7) is -0.152. The van der Waals surface area contributed by atoms with E-state index in [4.69, 9.17) is 4.74 Å². The van der Waals surface area contributed by atoms with E-state index >= 15 is 0 Å². The first kappa shape index (κ1) is 22.9. The number of ether oxygens (including phenoxy) is 1. The minimum absolute atomic E-state index is 0.113. The molecule has 2 aromatic rings. The Hall–Kier alpha value is -3.35. The molecule has 0 spiro atoms. The molecule has 0 aliphatic rings. The van der Waals surface area contributed by atoms with Crippen LogP contribution >= 0.6 is 0 Å². The maximum Gasteiger partial charge on any atom is 0.472 e. The molecule has 0 aliphatic heterocycles. The van der Waals surface area contributed by atoms with Crippen molar-refractivity contribution in [3.63, 3.8) is 0 Å². The van der Waals surface area contributed by atoms with Crippen LogP contribution in [0.2, 0.25) is 0 Å². The highest BCUT2D eigenvalue weighted by Gasteiger charge is 2.39.